The average Bonchev–Trinajstić information content (AvgIpc) is 2.70. The van der Waals surface area contributed by atoms with Gasteiger partial charge in [-0.25, -0.2) is 4.57 Å². The zero-order chi connectivity index (χ0) is 22.0. The van der Waals surface area contributed by atoms with Gasteiger partial charge in [-0.2, -0.15) is 0 Å². The summed E-state index contributed by atoms with van der Waals surface area (Å²) in [6.45, 7) is 1.32. The fourth-order valence-corrected chi connectivity index (χ4v) is 3.07. The van der Waals surface area contributed by atoms with Crippen molar-refractivity contribution < 1.29 is 28.4 Å². The Morgan fingerprint density at radius 3 is 2.37 bits per heavy atom. The van der Waals surface area contributed by atoms with Crippen LogP contribution in [0, 0.1) is 0 Å². The number of unbranched alkanes of at least 4 members (excludes halogenated alkanes) is 2. The quantitative estimate of drug-likeness (QED) is 0.297. The predicted molar refractivity (Wildman–Crippen MR) is 115 cm³/mol. The van der Waals surface area contributed by atoms with Crippen molar-refractivity contribution in [2.45, 2.75) is 38.1 Å². The number of carbonyl (C=O) groups is 1. The van der Waals surface area contributed by atoms with Crippen molar-refractivity contribution in [1.29, 1.82) is 0 Å². The molecule has 0 saturated heterocycles. The normalized spacial score (nSPS) is 13.5. The molecule has 0 heterocycles. The summed E-state index contributed by atoms with van der Waals surface area (Å²) >= 11 is 0. The molecule has 2 aromatic carbocycles. The fourth-order valence-electron chi connectivity index (χ4n) is 2.63. The number of nitrogens with two attached hydrogens (primary N) is 1. The molecule has 8 nitrogen and oxygen atoms in total. The SMILES string of the molecule is CC(N)(COP(=O)(O)O)C(=O)Nc1ccc(OCCCCCc2ccccc2)cc1. The highest BCUT2D eigenvalue weighted by atomic mass is 31.2. The molecule has 0 aliphatic rings. The Bertz CT molecular complexity index is 836. The number of amides is 1. The number of hydrogen-bond donors (Lipinski definition) is 4. The molecule has 1 amide bonds. The van der Waals surface area contributed by atoms with Crippen LogP contribution in [0.5, 0.6) is 5.75 Å². The average molecular weight is 436 g/mol. The number of carbonyl (C=O) groups excluding carboxylic acids is 1. The first-order valence-electron chi connectivity index (χ1n) is 9.73. The van der Waals surface area contributed by atoms with Crippen LogP contribution in [-0.4, -0.2) is 34.4 Å². The van der Waals surface area contributed by atoms with Gasteiger partial charge in [0.15, 0.2) is 0 Å². The van der Waals surface area contributed by atoms with E-state index in [1.54, 1.807) is 24.3 Å². The monoisotopic (exact) mass is 436 g/mol. The lowest BCUT2D eigenvalue weighted by Gasteiger charge is -2.23. The molecule has 9 heteroatoms. The van der Waals surface area contributed by atoms with Crippen LogP contribution in [0.4, 0.5) is 5.69 Å². The molecule has 1 atom stereocenters. The van der Waals surface area contributed by atoms with Gasteiger partial charge >= 0.3 is 7.82 Å². The van der Waals surface area contributed by atoms with Crippen LogP contribution in [0.25, 0.3) is 0 Å². The standard InChI is InChI=1S/C21H29N2O6P/c1-21(22,16-29-30(25,26)27)20(24)23-18-11-13-19(14-12-18)28-15-7-3-6-10-17-8-4-2-5-9-17/h2,4-5,8-9,11-14H,3,6-7,10,15-16,22H2,1H3,(H,23,24)(H2,25,26,27). The molecule has 0 saturated carbocycles. The molecule has 5 N–H and O–H groups in total. The van der Waals surface area contributed by atoms with E-state index < -0.39 is 25.9 Å². The number of phosphoric acid groups is 1. The van der Waals surface area contributed by atoms with Crippen molar-refractivity contribution >= 4 is 19.4 Å². The number of hydrogen-bond acceptors (Lipinski definition) is 5. The Hall–Kier alpha value is -2.22. The Morgan fingerprint density at radius 1 is 1.07 bits per heavy atom. The van der Waals surface area contributed by atoms with E-state index >= 15 is 0 Å². The predicted octanol–water partition coefficient (Wildman–Crippen LogP) is 3.24. The topological polar surface area (TPSA) is 131 Å². The van der Waals surface area contributed by atoms with Gasteiger partial charge in [-0.05, 0) is 62.4 Å². The first kappa shape index (κ1) is 24.1. The first-order valence-corrected chi connectivity index (χ1v) is 11.3. The molecule has 0 bridgehead atoms. The molecule has 0 aliphatic heterocycles. The van der Waals surface area contributed by atoms with Gasteiger partial charge in [0, 0.05) is 5.69 Å². The summed E-state index contributed by atoms with van der Waals surface area (Å²) in [5, 5.41) is 2.59. The van der Waals surface area contributed by atoms with Gasteiger partial charge in [-0.1, -0.05) is 30.3 Å². The third-order valence-corrected chi connectivity index (χ3v) is 4.85. The number of anilines is 1. The maximum Gasteiger partial charge on any atom is 0.469 e. The van der Waals surface area contributed by atoms with Crippen LogP contribution in [0.15, 0.2) is 54.6 Å². The number of rotatable bonds is 12. The molecule has 0 aromatic heterocycles. The van der Waals surface area contributed by atoms with E-state index in [9.17, 15) is 9.36 Å². The number of nitrogens with one attached hydrogen (secondary N) is 1. The molecule has 0 fully saturated rings. The lowest BCUT2D eigenvalue weighted by Crippen LogP contribution is -2.52. The fraction of sp³-hybridized carbons (Fsp3) is 0.381. The molecule has 1 unspecified atom stereocenters. The third-order valence-electron chi connectivity index (χ3n) is 4.38. The molecule has 0 radical (unpaired) electrons. The minimum Gasteiger partial charge on any atom is -0.494 e. The van der Waals surface area contributed by atoms with Crippen molar-refractivity contribution in [2.75, 3.05) is 18.5 Å². The maximum absolute atomic E-state index is 12.2. The second-order valence-electron chi connectivity index (χ2n) is 7.30. The van der Waals surface area contributed by atoms with E-state index in [2.05, 4.69) is 34.1 Å². The summed E-state index contributed by atoms with van der Waals surface area (Å²) < 4.78 is 20.8. The highest BCUT2D eigenvalue weighted by Crippen LogP contribution is 2.36. The van der Waals surface area contributed by atoms with Gasteiger partial charge in [-0.3, -0.25) is 9.32 Å². The van der Waals surface area contributed by atoms with Gasteiger partial charge in [-0.15, -0.1) is 0 Å². The van der Waals surface area contributed by atoms with Crippen molar-refractivity contribution in [3.63, 3.8) is 0 Å². The first-order chi connectivity index (χ1) is 14.2. The lowest BCUT2D eigenvalue weighted by molar-refractivity contribution is -0.121. The van der Waals surface area contributed by atoms with Crippen molar-refractivity contribution in [2.24, 2.45) is 5.73 Å². The van der Waals surface area contributed by atoms with E-state index in [4.69, 9.17) is 20.3 Å². The van der Waals surface area contributed by atoms with Crippen molar-refractivity contribution in [1.82, 2.24) is 0 Å². The summed E-state index contributed by atoms with van der Waals surface area (Å²) in [6, 6.07) is 17.2. The maximum atomic E-state index is 12.2. The van der Waals surface area contributed by atoms with Gasteiger partial charge < -0.3 is 25.6 Å². The van der Waals surface area contributed by atoms with Crippen molar-refractivity contribution in [3.05, 3.63) is 60.2 Å². The summed E-state index contributed by atoms with van der Waals surface area (Å²) in [6.07, 6.45) is 4.21. The number of ether oxygens (including phenoxy) is 1. The summed E-state index contributed by atoms with van der Waals surface area (Å²) in [5.41, 5.74) is 6.02. The van der Waals surface area contributed by atoms with Crippen LogP contribution in [0.2, 0.25) is 0 Å². The van der Waals surface area contributed by atoms with Crippen LogP contribution in [0.3, 0.4) is 0 Å². The van der Waals surface area contributed by atoms with Gasteiger partial charge in [0.05, 0.1) is 13.2 Å². The van der Waals surface area contributed by atoms with Crippen LogP contribution >= 0.6 is 7.82 Å². The van der Waals surface area contributed by atoms with E-state index in [0.29, 0.717) is 18.0 Å². The van der Waals surface area contributed by atoms with Crippen molar-refractivity contribution in [3.8, 4) is 5.75 Å². The molecule has 30 heavy (non-hydrogen) atoms. The Morgan fingerprint density at radius 2 is 1.73 bits per heavy atom. The van der Waals surface area contributed by atoms with E-state index in [1.165, 1.54) is 12.5 Å². The highest BCUT2D eigenvalue weighted by Gasteiger charge is 2.32. The second kappa shape index (κ2) is 11.2. The summed E-state index contributed by atoms with van der Waals surface area (Å²) in [7, 11) is -4.70. The molecular weight excluding hydrogens is 407 g/mol. The number of benzene rings is 2. The van der Waals surface area contributed by atoms with Gasteiger partial charge in [0.25, 0.3) is 0 Å². The highest BCUT2D eigenvalue weighted by molar-refractivity contribution is 7.46. The lowest BCUT2D eigenvalue weighted by atomic mass is 10.0. The van der Waals surface area contributed by atoms with Crippen LogP contribution < -0.4 is 15.8 Å². The largest absolute Gasteiger partial charge is 0.494 e. The van der Waals surface area contributed by atoms with Crippen LogP contribution in [-0.2, 0) is 20.3 Å². The molecule has 2 aromatic rings. The summed E-state index contributed by atoms with van der Waals surface area (Å²) in [4.78, 5) is 29.7. The van der Waals surface area contributed by atoms with Crippen LogP contribution in [0.1, 0.15) is 31.7 Å². The zero-order valence-electron chi connectivity index (χ0n) is 17.0. The minimum atomic E-state index is -4.70. The summed E-state index contributed by atoms with van der Waals surface area (Å²) in [5.74, 6) is 0.0689. The Balaban J connectivity index is 1.69. The molecule has 2 rings (SSSR count). The molecule has 164 valence electrons. The number of phosphoric ester groups is 1. The van der Waals surface area contributed by atoms with Gasteiger partial charge in [0.1, 0.15) is 11.3 Å². The molecular formula is C21H29N2O6P. The Kier molecular flexibility index (Phi) is 9.02. The smallest absolute Gasteiger partial charge is 0.469 e. The van der Waals surface area contributed by atoms with E-state index in [-0.39, 0.29) is 0 Å². The molecule has 0 spiro atoms. The number of aryl methyl sites for hydroxylation is 1. The van der Waals surface area contributed by atoms with E-state index in [0.717, 1.165) is 25.7 Å². The minimum absolute atomic E-state index is 0.489. The van der Waals surface area contributed by atoms with E-state index in [1.807, 2.05) is 6.07 Å². The molecule has 0 aliphatic carbocycles. The van der Waals surface area contributed by atoms with Gasteiger partial charge in [0.2, 0.25) is 5.91 Å². The Labute approximate surface area is 176 Å². The third kappa shape index (κ3) is 9.07. The zero-order valence-corrected chi connectivity index (χ0v) is 17.9. The second-order valence-corrected chi connectivity index (χ2v) is 8.54.